The van der Waals surface area contributed by atoms with E-state index in [-0.39, 0.29) is 30.7 Å². The van der Waals surface area contributed by atoms with Gasteiger partial charge in [-0.2, -0.15) is 5.21 Å². The van der Waals surface area contributed by atoms with E-state index >= 15 is 0 Å². The first-order chi connectivity index (χ1) is 20.3. The van der Waals surface area contributed by atoms with Gasteiger partial charge in [0.05, 0.1) is 11.7 Å². The largest absolute Gasteiger partial charge is 0.363 e. The monoisotopic (exact) mass is 603 g/mol. The molecule has 1 aliphatic rings. The number of rotatable bonds is 9. The third-order valence-electron chi connectivity index (χ3n) is 7.94. The predicted octanol–water partition coefficient (Wildman–Crippen LogP) is 3.61. The zero-order chi connectivity index (χ0) is 29.6. The van der Waals surface area contributed by atoms with Crippen LogP contribution in [0.2, 0.25) is 0 Å². The fourth-order valence-electron chi connectivity index (χ4n) is 5.44. The average molecular weight is 604 g/mol. The number of hydrogen-bond acceptors (Lipinski definition) is 9. The topological polar surface area (TPSA) is 160 Å². The Kier molecular flexibility index (Phi) is 10.6. The minimum Gasteiger partial charge on any atom is -0.363 e. The number of nitrogens with one attached hydrogen (secondary N) is 1. The molecule has 43 heavy (non-hydrogen) atoms. The summed E-state index contributed by atoms with van der Waals surface area (Å²) in [5.41, 5.74) is 16.4. The lowest BCUT2D eigenvalue weighted by Gasteiger charge is -2.32. The standard InChI is InChI=1S/C31H37N9O2.ClH/c1-39(2)28-15-12-25(19-34-28)24-5-3-4-21(16-24)17-27(33)31(42)40(30(41)23-8-6-20(18-32)7-9-23)26-13-10-22(11-14-26)29-35-37-38-36-29;/h3-5,10-16,19-20,23,27H,6-9,17-18,32-33H2,1-2H3,(H,35,36,37,38);1H/t20?,23?,27-;/m0./s1. The van der Waals surface area contributed by atoms with Crippen molar-refractivity contribution >= 4 is 35.7 Å². The number of aromatic nitrogens is 5. The number of carbonyl (C=O) groups excluding carboxylic acids is 2. The van der Waals surface area contributed by atoms with Crippen molar-refractivity contribution in [3.05, 3.63) is 72.4 Å². The average Bonchev–Trinajstić information content (AvgIpc) is 3.57. The van der Waals surface area contributed by atoms with Gasteiger partial charge in [0.25, 0.3) is 5.91 Å². The van der Waals surface area contributed by atoms with Gasteiger partial charge >= 0.3 is 0 Å². The van der Waals surface area contributed by atoms with E-state index in [9.17, 15) is 9.59 Å². The third-order valence-corrected chi connectivity index (χ3v) is 7.94. The van der Waals surface area contributed by atoms with Crippen LogP contribution in [0.3, 0.4) is 0 Å². The summed E-state index contributed by atoms with van der Waals surface area (Å²) in [6.45, 7) is 0.612. The van der Waals surface area contributed by atoms with E-state index in [0.29, 0.717) is 42.4 Å². The van der Waals surface area contributed by atoms with Crippen LogP contribution in [0.15, 0.2) is 66.9 Å². The van der Waals surface area contributed by atoms with Crippen LogP contribution in [-0.4, -0.2) is 64.1 Å². The normalized spacial score (nSPS) is 17.0. The summed E-state index contributed by atoms with van der Waals surface area (Å²) in [6, 6.07) is 18.0. The van der Waals surface area contributed by atoms with E-state index in [4.69, 9.17) is 11.5 Å². The third kappa shape index (κ3) is 7.42. The second-order valence-corrected chi connectivity index (χ2v) is 11.1. The van der Waals surface area contributed by atoms with E-state index in [1.807, 2.05) is 61.6 Å². The first-order valence-corrected chi connectivity index (χ1v) is 14.2. The molecule has 1 aliphatic carbocycles. The Labute approximate surface area is 257 Å². The smallest absolute Gasteiger partial charge is 0.251 e. The number of nitrogens with two attached hydrogens (primary N) is 2. The maximum absolute atomic E-state index is 13.9. The molecule has 0 bridgehead atoms. The van der Waals surface area contributed by atoms with Crippen LogP contribution in [0.4, 0.5) is 11.5 Å². The molecule has 11 nitrogen and oxygen atoms in total. The van der Waals surface area contributed by atoms with Crippen LogP contribution in [0.1, 0.15) is 31.2 Å². The number of benzene rings is 2. The number of tetrazole rings is 1. The van der Waals surface area contributed by atoms with E-state index in [1.165, 1.54) is 4.90 Å². The first-order valence-electron chi connectivity index (χ1n) is 14.2. The molecule has 0 aliphatic heterocycles. The zero-order valence-corrected chi connectivity index (χ0v) is 25.2. The van der Waals surface area contributed by atoms with Crippen molar-refractivity contribution in [3.8, 4) is 22.5 Å². The molecule has 0 spiro atoms. The molecule has 2 aromatic heterocycles. The molecule has 0 saturated heterocycles. The second kappa shape index (κ2) is 14.3. The number of hydrogen-bond donors (Lipinski definition) is 3. The summed E-state index contributed by atoms with van der Waals surface area (Å²) in [6.07, 6.45) is 5.24. The molecule has 1 saturated carbocycles. The van der Waals surface area contributed by atoms with Gasteiger partial charge in [-0.15, -0.1) is 22.6 Å². The number of nitrogens with zero attached hydrogens (tertiary/aromatic N) is 6. The number of imide groups is 1. The number of H-pyrrole nitrogens is 1. The molecular formula is C31H38ClN9O2. The number of halogens is 1. The Bertz CT molecular complexity index is 1490. The molecule has 5 rings (SSSR count). The van der Waals surface area contributed by atoms with Crippen LogP contribution < -0.4 is 21.3 Å². The number of aromatic amines is 1. The Morgan fingerprint density at radius 1 is 0.977 bits per heavy atom. The van der Waals surface area contributed by atoms with Crippen molar-refractivity contribution in [2.75, 3.05) is 30.4 Å². The van der Waals surface area contributed by atoms with Gasteiger partial charge in [-0.3, -0.25) is 9.59 Å². The molecule has 1 fully saturated rings. The summed E-state index contributed by atoms with van der Waals surface area (Å²) in [4.78, 5) is 35.5. The number of amides is 2. The summed E-state index contributed by atoms with van der Waals surface area (Å²) in [7, 11) is 3.89. The van der Waals surface area contributed by atoms with Crippen molar-refractivity contribution in [2.24, 2.45) is 23.3 Å². The fraction of sp³-hybridized carbons (Fsp3) is 0.355. The van der Waals surface area contributed by atoms with E-state index < -0.39 is 11.9 Å². The van der Waals surface area contributed by atoms with E-state index in [0.717, 1.165) is 35.3 Å². The van der Waals surface area contributed by atoms with Gasteiger partial charge in [0, 0.05) is 37.3 Å². The molecule has 2 heterocycles. The molecule has 5 N–H and O–H groups in total. The molecule has 2 aromatic carbocycles. The van der Waals surface area contributed by atoms with Crippen LogP contribution >= 0.6 is 12.4 Å². The SMILES string of the molecule is CN(C)c1ccc(-c2cccc(C[C@H](N)C(=O)N(C(=O)C3CCC(CN)CC3)c3ccc(-c4nn[nH]n4)cc3)c2)cn1.Cl. The van der Waals surface area contributed by atoms with Crippen molar-refractivity contribution in [3.63, 3.8) is 0 Å². The summed E-state index contributed by atoms with van der Waals surface area (Å²) in [5, 5.41) is 14.0. The molecule has 0 unspecified atom stereocenters. The molecular weight excluding hydrogens is 566 g/mol. The minimum atomic E-state index is -0.921. The Balaban J connectivity index is 0.00000423. The number of pyridine rings is 1. The lowest BCUT2D eigenvalue weighted by atomic mass is 9.81. The zero-order valence-electron chi connectivity index (χ0n) is 24.4. The first kappa shape index (κ1) is 31.7. The predicted molar refractivity (Wildman–Crippen MR) is 170 cm³/mol. The van der Waals surface area contributed by atoms with Gasteiger partial charge in [-0.25, -0.2) is 9.88 Å². The van der Waals surface area contributed by atoms with Gasteiger partial charge in [0.15, 0.2) is 0 Å². The molecule has 2 amide bonds. The molecule has 226 valence electrons. The van der Waals surface area contributed by atoms with Crippen LogP contribution in [0.5, 0.6) is 0 Å². The van der Waals surface area contributed by atoms with Crippen LogP contribution in [0, 0.1) is 11.8 Å². The molecule has 4 aromatic rings. The van der Waals surface area contributed by atoms with Crippen LogP contribution in [0.25, 0.3) is 22.5 Å². The summed E-state index contributed by atoms with van der Waals surface area (Å²) < 4.78 is 0. The molecule has 1 atom stereocenters. The molecule has 0 radical (unpaired) electrons. The second-order valence-electron chi connectivity index (χ2n) is 11.1. The van der Waals surface area contributed by atoms with E-state index in [2.05, 4.69) is 25.6 Å². The van der Waals surface area contributed by atoms with Gasteiger partial charge in [-0.05, 0) is 97.3 Å². The van der Waals surface area contributed by atoms with Crippen molar-refractivity contribution < 1.29 is 9.59 Å². The van der Waals surface area contributed by atoms with E-state index in [1.54, 1.807) is 24.3 Å². The maximum Gasteiger partial charge on any atom is 0.251 e. The highest BCUT2D eigenvalue weighted by atomic mass is 35.5. The number of carbonyl (C=O) groups is 2. The minimum absolute atomic E-state index is 0. The highest BCUT2D eigenvalue weighted by Crippen LogP contribution is 2.32. The van der Waals surface area contributed by atoms with Gasteiger partial charge < -0.3 is 16.4 Å². The Morgan fingerprint density at radius 3 is 2.30 bits per heavy atom. The highest BCUT2D eigenvalue weighted by Gasteiger charge is 2.35. The van der Waals surface area contributed by atoms with Gasteiger partial charge in [0.1, 0.15) is 5.82 Å². The highest BCUT2D eigenvalue weighted by molar-refractivity contribution is 6.17. The van der Waals surface area contributed by atoms with Crippen LogP contribution in [-0.2, 0) is 16.0 Å². The molecule has 12 heteroatoms. The summed E-state index contributed by atoms with van der Waals surface area (Å²) in [5.74, 6) is 0.788. The van der Waals surface area contributed by atoms with Crippen molar-refractivity contribution in [1.29, 1.82) is 0 Å². The fourth-order valence-corrected chi connectivity index (χ4v) is 5.44. The van der Waals surface area contributed by atoms with Gasteiger partial charge in [0.2, 0.25) is 11.7 Å². The quantitative estimate of drug-likeness (QED) is 0.259. The van der Waals surface area contributed by atoms with Crippen molar-refractivity contribution in [2.45, 2.75) is 38.1 Å². The maximum atomic E-state index is 13.9. The number of anilines is 2. The van der Waals surface area contributed by atoms with Gasteiger partial charge in [-0.1, -0.05) is 24.3 Å². The Morgan fingerprint density at radius 2 is 1.70 bits per heavy atom. The van der Waals surface area contributed by atoms with Crippen molar-refractivity contribution in [1.82, 2.24) is 25.6 Å². The Hall–Kier alpha value is -4.19. The summed E-state index contributed by atoms with van der Waals surface area (Å²) >= 11 is 0. The lowest BCUT2D eigenvalue weighted by molar-refractivity contribution is -0.130. The lowest BCUT2D eigenvalue weighted by Crippen LogP contribution is -2.50.